The molecule has 4 nitrogen and oxygen atoms in total. The number of methoxy groups -OCH3 is 2. The number of halogens is 3. The molecule has 0 aliphatic rings. The molecule has 0 fully saturated rings. The molecule has 0 atom stereocenters. The fraction of sp³-hybridized carbons (Fsp3) is 0.143. The van der Waals surface area contributed by atoms with Crippen LogP contribution in [-0.2, 0) is 0 Å². The maximum absolute atomic E-state index is 13.5. The van der Waals surface area contributed by atoms with Gasteiger partial charge in [0.25, 0.3) is 0 Å². The molecule has 0 aliphatic heterocycles. The number of nitrogen functional groups attached to an aromatic ring is 1. The molecule has 112 valence electrons. The molecule has 0 spiro atoms. The highest BCUT2D eigenvalue weighted by atomic mass is 79.9. The second-order valence-electron chi connectivity index (χ2n) is 4.04. The molecule has 0 unspecified atom stereocenters. The Morgan fingerprint density at radius 3 is 2.05 bits per heavy atom. The van der Waals surface area contributed by atoms with Gasteiger partial charge in [-0.15, -0.1) is 0 Å². The van der Waals surface area contributed by atoms with Crippen molar-refractivity contribution in [2.75, 3.05) is 20.0 Å². The molecule has 0 saturated carbocycles. The van der Waals surface area contributed by atoms with Crippen molar-refractivity contribution < 1.29 is 18.6 Å². The summed E-state index contributed by atoms with van der Waals surface area (Å²) >= 11 is 6.75. The highest BCUT2D eigenvalue weighted by Gasteiger charge is 2.13. The van der Waals surface area contributed by atoms with Gasteiger partial charge in [0.15, 0.2) is 17.3 Å². The molecule has 0 heterocycles. The van der Waals surface area contributed by atoms with E-state index in [0.717, 1.165) is 10.5 Å². The van der Waals surface area contributed by atoms with Crippen LogP contribution in [0.1, 0.15) is 0 Å². The second kappa shape index (κ2) is 6.53. The first-order chi connectivity index (χ1) is 9.96. The summed E-state index contributed by atoms with van der Waals surface area (Å²) in [7, 11) is 2.94. The van der Waals surface area contributed by atoms with Gasteiger partial charge in [-0.1, -0.05) is 0 Å². The summed E-state index contributed by atoms with van der Waals surface area (Å²) in [5, 5.41) is 0. The molecule has 2 N–H and O–H groups in total. The number of rotatable bonds is 4. The first kappa shape index (κ1) is 15.9. The van der Waals surface area contributed by atoms with E-state index in [1.165, 1.54) is 13.2 Å². The Labute approximate surface area is 138 Å². The van der Waals surface area contributed by atoms with E-state index in [1.807, 2.05) is 0 Å². The third-order valence-corrected chi connectivity index (χ3v) is 3.95. The van der Waals surface area contributed by atoms with Crippen molar-refractivity contribution >= 4 is 37.5 Å². The summed E-state index contributed by atoms with van der Waals surface area (Å²) in [6.45, 7) is 0. The smallest absolute Gasteiger partial charge is 0.167 e. The molecule has 21 heavy (non-hydrogen) atoms. The van der Waals surface area contributed by atoms with E-state index in [2.05, 4.69) is 31.9 Å². The number of ether oxygens (including phenoxy) is 3. The fourth-order valence-electron chi connectivity index (χ4n) is 1.66. The molecule has 0 amide bonds. The van der Waals surface area contributed by atoms with Crippen LogP contribution in [0.25, 0.3) is 0 Å². The molecule has 0 bridgehead atoms. The van der Waals surface area contributed by atoms with Crippen LogP contribution in [0.4, 0.5) is 10.1 Å². The minimum absolute atomic E-state index is 0.0582. The maximum Gasteiger partial charge on any atom is 0.167 e. The van der Waals surface area contributed by atoms with E-state index >= 15 is 0 Å². The summed E-state index contributed by atoms with van der Waals surface area (Å²) in [6, 6.07) is 6.02. The summed E-state index contributed by atoms with van der Waals surface area (Å²) in [5.74, 6) is 0.966. The van der Waals surface area contributed by atoms with Gasteiger partial charge < -0.3 is 19.9 Å². The van der Waals surface area contributed by atoms with Crippen molar-refractivity contribution in [3.63, 3.8) is 0 Å². The van der Waals surface area contributed by atoms with Gasteiger partial charge in [-0.2, -0.15) is 0 Å². The number of hydrogen-bond donors (Lipinski definition) is 1. The SMILES string of the molecule is COc1cc(Oc2cc(Br)c(OC)cc2Br)c(N)cc1F. The average molecular weight is 421 g/mol. The first-order valence-corrected chi connectivity index (χ1v) is 7.38. The number of benzene rings is 2. The minimum Gasteiger partial charge on any atom is -0.496 e. The van der Waals surface area contributed by atoms with Gasteiger partial charge in [-0.05, 0) is 44.0 Å². The summed E-state index contributed by atoms with van der Waals surface area (Å²) in [6.07, 6.45) is 0. The standard InChI is InChI=1S/C14H12Br2FNO3/c1-19-11-3-8(16)12(4-7(11)15)21-14-6-13(20-2)9(17)5-10(14)18/h3-6H,18H2,1-2H3. The Kier molecular flexibility index (Phi) is 4.95. The lowest BCUT2D eigenvalue weighted by molar-refractivity contribution is 0.381. The number of nitrogens with two attached hydrogens (primary N) is 1. The van der Waals surface area contributed by atoms with Crippen LogP contribution < -0.4 is 19.9 Å². The van der Waals surface area contributed by atoms with Crippen LogP contribution in [0.3, 0.4) is 0 Å². The van der Waals surface area contributed by atoms with Crippen LogP contribution in [-0.4, -0.2) is 14.2 Å². The summed E-state index contributed by atoms with van der Waals surface area (Å²) in [5.41, 5.74) is 5.94. The largest absolute Gasteiger partial charge is 0.496 e. The Bertz CT molecular complexity index is 680. The third kappa shape index (κ3) is 3.41. The Morgan fingerprint density at radius 2 is 1.43 bits per heavy atom. The van der Waals surface area contributed by atoms with Gasteiger partial charge in [-0.3, -0.25) is 0 Å². The van der Waals surface area contributed by atoms with Gasteiger partial charge in [0.1, 0.15) is 11.5 Å². The van der Waals surface area contributed by atoms with Crippen LogP contribution in [0, 0.1) is 5.82 Å². The van der Waals surface area contributed by atoms with Gasteiger partial charge in [0.2, 0.25) is 0 Å². The van der Waals surface area contributed by atoms with E-state index in [9.17, 15) is 4.39 Å². The minimum atomic E-state index is -0.544. The van der Waals surface area contributed by atoms with E-state index in [0.29, 0.717) is 21.7 Å². The van der Waals surface area contributed by atoms with Crippen LogP contribution >= 0.6 is 31.9 Å². The normalized spacial score (nSPS) is 10.3. The van der Waals surface area contributed by atoms with E-state index in [-0.39, 0.29) is 11.4 Å². The lowest BCUT2D eigenvalue weighted by atomic mass is 10.2. The average Bonchev–Trinajstić information content (AvgIpc) is 2.45. The predicted molar refractivity (Wildman–Crippen MR) is 85.8 cm³/mol. The lowest BCUT2D eigenvalue weighted by Crippen LogP contribution is -1.97. The highest BCUT2D eigenvalue weighted by Crippen LogP contribution is 2.40. The van der Waals surface area contributed by atoms with Gasteiger partial charge in [0, 0.05) is 12.1 Å². The molecule has 0 aromatic heterocycles. The molecular formula is C14H12Br2FNO3. The third-order valence-electron chi connectivity index (χ3n) is 2.71. The predicted octanol–water partition coefficient (Wildman–Crippen LogP) is 4.74. The molecule has 2 aromatic carbocycles. The molecule has 2 aromatic rings. The van der Waals surface area contributed by atoms with Crippen LogP contribution in [0.15, 0.2) is 33.2 Å². The molecular weight excluding hydrogens is 409 g/mol. The number of anilines is 1. The first-order valence-electron chi connectivity index (χ1n) is 5.80. The van der Waals surface area contributed by atoms with Crippen molar-refractivity contribution in [3.05, 3.63) is 39.0 Å². The zero-order valence-electron chi connectivity index (χ0n) is 11.2. The zero-order valence-corrected chi connectivity index (χ0v) is 14.4. The highest BCUT2D eigenvalue weighted by molar-refractivity contribution is 9.11. The molecule has 2 rings (SSSR count). The fourth-order valence-corrected chi connectivity index (χ4v) is 2.55. The van der Waals surface area contributed by atoms with Crippen molar-refractivity contribution in [1.29, 1.82) is 0 Å². The quantitative estimate of drug-likeness (QED) is 0.725. The van der Waals surface area contributed by atoms with E-state index in [1.54, 1.807) is 19.2 Å². The van der Waals surface area contributed by atoms with Gasteiger partial charge in [0.05, 0.1) is 28.9 Å². The van der Waals surface area contributed by atoms with Crippen molar-refractivity contribution in [2.45, 2.75) is 0 Å². The monoisotopic (exact) mass is 419 g/mol. The molecule has 0 radical (unpaired) electrons. The van der Waals surface area contributed by atoms with E-state index < -0.39 is 5.82 Å². The zero-order chi connectivity index (χ0) is 15.6. The van der Waals surface area contributed by atoms with Crippen molar-refractivity contribution in [3.8, 4) is 23.0 Å². The Morgan fingerprint density at radius 1 is 0.857 bits per heavy atom. The Balaban J connectivity index is 2.41. The number of hydrogen-bond acceptors (Lipinski definition) is 4. The molecule has 0 aliphatic carbocycles. The summed E-state index contributed by atoms with van der Waals surface area (Å²) < 4.78 is 30.7. The topological polar surface area (TPSA) is 53.7 Å². The molecule has 7 heteroatoms. The van der Waals surface area contributed by atoms with Crippen molar-refractivity contribution in [2.24, 2.45) is 0 Å². The Hall–Kier alpha value is -1.47. The lowest BCUT2D eigenvalue weighted by Gasteiger charge is -2.13. The van der Waals surface area contributed by atoms with Crippen LogP contribution in [0.5, 0.6) is 23.0 Å². The maximum atomic E-state index is 13.5. The van der Waals surface area contributed by atoms with Crippen molar-refractivity contribution in [1.82, 2.24) is 0 Å². The van der Waals surface area contributed by atoms with Crippen LogP contribution in [0.2, 0.25) is 0 Å². The molecule has 0 saturated heterocycles. The van der Waals surface area contributed by atoms with E-state index in [4.69, 9.17) is 19.9 Å². The second-order valence-corrected chi connectivity index (χ2v) is 5.75. The van der Waals surface area contributed by atoms with Gasteiger partial charge in [-0.25, -0.2) is 4.39 Å². The van der Waals surface area contributed by atoms with Gasteiger partial charge >= 0.3 is 0 Å². The summed E-state index contributed by atoms with van der Waals surface area (Å²) in [4.78, 5) is 0.